The van der Waals surface area contributed by atoms with Gasteiger partial charge in [0.1, 0.15) is 11.6 Å². The SMILES string of the molecule is CN=C(NCCc1ccccn1)NCc1ccc(-n2ccnc2C)nc1. The van der Waals surface area contributed by atoms with Crippen molar-refractivity contribution < 1.29 is 0 Å². The number of hydrogen-bond acceptors (Lipinski definition) is 4. The van der Waals surface area contributed by atoms with E-state index >= 15 is 0 Å². The van der Waals surface area contributed by atoms with Crippen molar-refractivity contribution in [3.63, 3.8) is 0 Å². The fraction of sp³-hybridized carbons (Fsp3) is 0.263. The smallest absolute Gasteiger partial charge is 0.191 e. The molecule has 7 nitrogen and oxygen atoms in total. The molecule has 0 bridgehead atoms. The monoisotopic (exact) mass is 349 g/mol. The number of nitrogens with zero attached hydrogens (tertiary/aromatic N) is 5. The van der Waals surface area contributed by atoms with Crippen LogP contribution in [0.25, 0.3) is 5.82 Å². The summed E-state index contributed by atoms with van der Waals surface area (Å²) in [5.74, 6) is 2.54. The van der Waals surface area contributed by atoms with Gasteiger partial charge in [-0.05, 0) is 30.7 Å². The molecule has 0 aliphatic heterocycles. The molecule has 0 fully saturated rings. The highest BCUT2D eigenvalue weighted by Gasteiger charge is 2.03. The third kappa shape index (κ3) is 4.66. The van der Waals surface area contributed by atoms with Gasteiger partial charge in [0.15, 0.2) is 5.96 Å². The Hall–Kier alpha value is -3.22. The average molecular weight is 349 g/mol. The van der Waals surface area contributed by atoms with Crippen LogP contribution in [0, 0.1) is 6.92 Å². The van der Waals surface area contributed by atoms with E-state index in [2.05, 4.69) is 36.6 Å². The van der Waals surface area contributed by atoms with Crippen LogP contribution in [0.2, 0.25) is 0 Å². The third-order valence-electron chi connectivity index (χ3n) is 3.96. The van der Waals surface area contributed by atoms with Crippen LogP contribution in [0.4, 0.5) is 0 Å². The summed E-state index contributed by atoms with van der Waals surface area (Å²) in [4.78, 5) is 17.3. The van der Waals surface area contributed by atoms with Crippen LogP contribution in [0.3, 0.4) is 0 Å². The lowest BCUT2D eigenvalue weighted by Crippen LogP contribution is -2.37. The zero-order chi connectivity index (χ0) is 18.2. The number of rotatable bonds is 6. The first kappa shape index (κ1) is 17.6. The molecule has 7 heteroatoms. The maximum absolute atomic E-state index is 4.50. The number of guanidine groups is 1. The molecule has 0 unspecified atom stereocenters. The molecule has 0 radical (unpaired) electrons. The number of aromatic nitrogens is 4. The Morgan fingerprint density at radius 3 is 2.65 bits per heavy atom. The quantitative estimate of drug-likeness (QED) is 0.525. The molecule has 134 valence electrons. The number of aryl methyl sites for hydroxylation is 1. The van der Waals surface area contributed by atoms with Gasteiger partial charge in [-0.15, -0.1) is 0 Å². The first-order valence-electron chi connectivity index (χ1n) is 8.56. The molecule has 2 N–H and O–H groups in total. The molecule has 0 aliphatic rings. The van der Waals surface area contributed by atoms with E-state index in [1.54, 1.807) is 13.2 Å². The van der Waals surface area contributed by atoms with Gasteiger partial charge >= 0.3 is 0 Å². The van der Waals surface area contributed by atoms with Gasteiger partial charge in [0, 0.05) is 57.0 Å². The van der Waals surface area contributed by atoms with Gasteiger partial charge in [0.25, 0.3) is 0 Å². The highest BCUT2D eigenvalue weighted by Crippen LogP contribution is 2.08. The number of hydrogen-bond donors (Lipinski definition) is 2. The number of aliphatic imine (C=N–C) groups is 1. The Bertz CT molecular complexity index is 838. The van der Waals surface area contributed by atoms with E-state index < -0.39 is 0 Å². The minimum Gasteiger partial charge on any atom is -0.356 e. The Morgan fingerprint density at radius 1 is 1.08 bits per heavy atom. The summed E-state index contributed by atoms with van der Waals surface area (Å²) in [7, 11) is 1.76. The lowest BCUT2D eigenvalue weighted by Gasteiger charge is -2.12. The molecule has 0 amide bonds. The third-order valence-corrected chi connectivity index (χ3v) is 3.96. The number of imidazole rings is 1. The maximum Gasteiger partial charge on any atom is 0.191 e. The highest BCUT2D eigenvalue weighted by atomic mass is 15.2. The van der Waals surface area contributed by atoms with Crippen molar-refractivity contribution in [2.24, 2.45) is 4.99 Å². The topological polar surface area (TPSA) is 80.0 Å². The molecule has 0 aliphatic carbocycles. The van der Waals surface area contributed by atoms with Crippen molar-refractivity contribution in [2.45, 2.75) is 19.9 Å². The minimum atomic E-state index is 0.652. The molecule has 0 saturated carbocycles. The van der Waals surface area contributed by atoms with Crippen LogP contribution >= 0.6 is 0 Å². The molecule has 3 aromatic rings. The summed E-state index contributed by atoms with van der Waals surface area (Å²) >= 11 is 0. The zero-order valence-electron chi connectivity index (χ0n) is 15.1. The first-order valence-corrected chi connectivity index (χ1v) is 8.56. The molecular weight excluding hydrogens is 326 g/mol. The second-order valence-corrected chi connectivity index (χ2v) is 5.79. The van der Waals surface area contributed by atoms with Crippen LogP contribution in [0.1, 0.15) is 17.1 Å². The summed E-state index contributed by atoms with van der Waals surface area (Å²) in [5.41, 5.74) is 2.14. The largest absolute Gasteiger partial charge is 0.356 e. The lowest BCUT2D eigenvalue weighted by molar-refractivity contribution is 0.782. The number of nitrogens with one attached hydrogen (secondary N) is 2. The molecule has 0 atom stereocenters. The van der Waals surface area contributed by atoms with Crippen molar-refractivity contribution in [1.29, 1.82) is 0 Å². The predicted octanol–water partition coefficient (Wildman–Crippen LogP) is 1.88. The van der Waals surface area contributed by atoms with Gasteiger partial charge < -0.3 is 10.6 Å². The van der Waals surface area contributed by atoms with E-state index in [0.29, 0.717) is 6.54 Å². The van der Waals surface area contributed by atoms with Crippen LogP contribution in [-0.2, 0) is 13.0 Å². The second kappa shape index (κ2) is 8.75. The molecule has 26 heavy (non-hydrogen) atoms. The summed E-state index contributed by atoms with van der Waals surface area (Å²) in [5, 5.41) is 6.59. The van der Waals surface area contributed by atoms with Crippen molar-refractivity contribution in [2.75, 3.05) is 13.6 Å². The molecule has 3 heterocycles. The van der Waals surface area contributed by atoms with E-state index in [9.17, 15) is 0 Å². The van der Waals surface area contributed by atoms with E-state index in [4.69, 9.17) is 0 Å². The fourth-order valence-electron chi connectivity index (χ4n) is 2.55. The Morgan fingerprint density at radius 2 is 2.00 bits per heavy atom. The zero-order valence-corrected chi connectivity index (χ0v) is 15.1. The molecule has 0 aromatic carbocycles. The lowest BCUT2D eigenvalue weighted by atomic mass is 10.2. The van der Waals surface area contributed by atoms with Crippen molar-refractivity contribution in [3.8, 4) is 5.82 Å². The van der Waals surface area contributed by atoms with Crippen molar-refractivity contribution >= 4 is 5.96 Å². The standard InChI is InChI=1S/C19H23N7/c1-15-21-11-12-26(15)18-7-6-16(13-24-18)14-25-19(20-2)23-10-8-17-5-3-4-9-22-17/h3-7,9,11-13H,8,10,14H2,1-2H3,(H2,20,23,25). The second-order valence-electron chi connectivity index (χ2n) is 5.79. The van der Waals surface area contributed by atoms with Gasteiger partial charge in [-0.2, -0.15) is 0 Å². The van der Waals surface area contributed by atoms with Crippen LogP contribution in [0.15, 0.2) is 60.1 Å². The summed E-state index contributed by atoms with van der Waals surface area (Å²) < 4.78 is 1.95. The summed E-state index contributed by atoms with van der Waals surface area (Å²) in [6.45, 7) is 3.38. The Labute approximate surface area is 153 Å². The van der Waals surface area contributed by atoms with Crippen molar-refractivity contribution in [1.82, 2.24) is 30.2 Å². The summed E-state index contributed by atoms with van der Waals surface area (Å²) in [6, 6.07) is 9.98. The molecular formula is C19H23N7. The fourth-order valence-corrected chi connectivity index (χ4v) is 2.55. The Balaban J connectivity index is 1.48. The minimum absolute atomic E-state index is 0.652. The van der Waals surface area contributed by atoms with Gasteiger partial charge in [0.2, 0.25) is 0 Å². The average Bonchev–Trinajstić information content (AvgIpc) is 3.12. The molecule has 3 aromatic heterocycles. The molecule has 0 saturated heterocycles. The highest BCUT2D eigenvalue weighted by molar-refractivity contribution is 5.79. The van der Waals surface area contributed by atoms with E-state index in [-0.39, 0.29) is 0 Å². The van der Waals surface area contributed by atoms with E-state index in [1.165, 1.54) is 0 Å². The van der Waals surface area contributed by atoms with Gasteiger partial charge in [-0.3, -0.25) is 14.5 Å². The van der Waals surface area contributed by atoms with Crippen LogP contribution in [-0.4, -0.2) is 39.1 Å². The van der Waals surface area contributed by atoms with E-state index in [1.807, 2.05) is 54.3 Å². The van der Waals surface area contributed by atoms with E-state index in [0.717, 1.165) is 41.8 Å². The number of pyridine rings is 2. The Kier molecular flexibility index (Phi) is 5.92. The maximum atomic E-state index is 4.50. The predicted molar refractivity (Wildman–Crippen MR) is 102 cm³/mol. The van der Waals surface area contributed by atoms with Gasteiger partial charge in [-0.1, -0.05) is 12.1 Å². The normalized spacial score (nSPS) is 11.4. The first-order chi connectivity index (χ1) is 12.8. The van der Waals surface area contributed by atoms with Crippen molar-refractivity contribution in [3.05, 3.63) is 72.2 Å². The van der Waals surface area contributed by atoms with Gasteiger partial charge in [-0.25, -0.2) is 9.97 Å². The van der Waals surface area contributed by atoms with Crippen LogP contribution in [0.5, 0.6) is 0 Å². The molecule has 3 rings (SSSR count). The van der Waals surface area contributed by atoms with Gasteiger partial charge in [0.05, 0.1) is 0 Å². The summed E-state index contributed by atoms with van der Waals surface area (Å²) in [6.07, 6.45) is 8.20. The van der Waals surface area contributed by atoms with Crippen LogP contribution < -0.4 is 10.6 Å². The molecule has 0 spiro atoms.